The highest BCUT2D eigenvalue weighted by Crippen LogP contribution is 2.31. The Morgan fingerprint density at radius 3 is 2.83 bits per heavy atom. The first-order valence-electron chi connectivity index (χ1n) is 10.5. The van der Waals surface area contributed by atoms with Gasteiger partial charge in [0, 0.05) is 43.8 Å². The maximum Gasteiger partial charge on any atom is 0.241 e. The summed E-state index contributed by atoms with van der Waals surface area (Å²) in [5.74, 6) is -0.113. The number of benzene rings is 1. The Bertz CT molecular complexity index is 844. The fourth-order valence-corrected chi connectivity index (χ4v) is 4.46. The minimum Gasteiger partial charge on any atom is -0.308 e. The van der Waals surface area contributed by atoms with Gasteiger partial charge in [0.2, 0.25) is 5.91 Å². The zero-order valence-corrected chi connectivity index (χ0v) is 17.1. The molecule has 5 nitrogen and oxygen atoms in total. The SMILES string of the molecule is CC1CCc2cc(F)ccc2N1C(=O)CN1CCCN(Cc2cccnc2)CC1. The third kappa shape index (κ3) is 4.82. The number of anilines is 1. The third-order valence-electron chi connectivity index (χ3n) is 6.01. The lowest BCUT2D eigenvalue weighted by Crippen LogP contribution is -2.47. The highest BCUT2D eigenvalue weighted by atomic mass is 19.1. The van der Waals surface area contributed by atoms with Gasteiger partial charge in [-0.2, -0.15) is 0 Å². The summed E-state index contributed by atoms with van der Waals surface area (Å²) in [6.07, 6.45) is 6.47. The van der Waals surface area contributed by atoms with Gasteiger partial charge in [-0.1, -0.05) is 6.07 Å². The van der Waals surface area contributed by atoms with Crippen LogP contribution < -0.4 is 4.90 Å². The molecule has 0 saturated carbocycles. The van der Waals surface area contributed by atoms with E-state index in [9.17, 15) is 9.18 Å². The summed E-state index contributed by atoms with van der Waals surface area (Å²) in [4.78, 5) is 24.0. The van der Waals surface area contributed by atoms with E-state index >= 15 is 0 Å². The van der Waals surface area contributed by atoms with Crippen LogP contribution in [-0.2, 0) is 17.8 Å². The molecule has 1 aromatic carbocycles. The van der Waals surface area contributed by atoms with E-state index in [1.165, 1.54) is 11.6 Å². The molecule has 1 aromatic heterocycles. The molecule has 3 heterocycles. The highest BCUT2D eigenvalue weighted by molar-refractivity contribution is 5.96. The van der Waals surface area contributed by atoms with Crippen LogP contribution in [-0.4, -0.2) is 59.5 Å². The first-order chi connectivity index (χ1) is 14.1. The predicted octanol–water partition coefficient (Wildman–Crippen LogP) is 3.10. The van der Waals surface area contributed by atoms with Crippen LogP contribution in [0.4, 0.5) is 10.1 Å². The summed E-state index contributed by atoms with van der Waals surface area (Å²) in [6, 6.07) is 9.02. The molecule has 1 amide bonds. The Morgan fingerprint density at radius 2 is 2.00 bits per heavy atom. The lowest BCUT2D eigenvalue weighted by atomic mass is 9.96. The second-order valence-electron chi connectivity index (χ2n) is 8.19. The van der Waals surface area contributed by atoms with Crippen LogP contribution in [0.1, 0.15) is 30.9 Å². The number of carbonyl (C=O) groups excluding carboxylic acids is 1. The van der Waals surface area contributed by atoms with E-state index in [2.05, 4.69) is 27.8 Å². The van der Waals surface area contributed by atoms with Crippen LogP contribution in [0.2, 0.25) is 0 Å². The monoisotopic (exact) mass is 396 g/mol. The van der Waals surface area contributed by atoms with Crippen molar-refractivity contribution in [3.05, 3.63) is 59.7 Å². The average Bonchev–Trinajstić information content (AvgIpc) is 2.94. The van der Waals surface area contributed by atoms with Crippen molar-refractivity contribution in [2.24, 2.45) is 0 Å². The van der Waals surface area contributed by atoms with Crippen LogP contribution >= 0.6 is 0 Å². The lowest BCUT2D eigenvalue weighted by molar-refractivity contribution is -0.120. The minimum atomic E-state index is -0.230. The maximum atomic E-state index is 13.6. The molecule has 2 aliphatic heterocycles. The van der Waals surface area contributed by atoms with Gasteiger partial charge in [-0.15, -0.1) is 0 Å². The van der Waals surface area contributed by atoms with Gasteiger partial charge in [-0.05, 0) is 74.7 Å². The quantitative estimate of drug-likeness (QED) is 0.796. The van der Waals surface area contributed by atoms with Gasteiger partial charge in [-0.25, -0.2) is 4.39 Å². The van der Waals surface area contributed by atoms with E-state index in [0.29, 0.717) is 6.54 Å². The molecule has 1 fully saturated rings. The summed E-state index contributed by atoms with van der Waals surface area (Å²) < 4.78 is 13.6. The smallest absolute Gasteiger partial charge is 0.241 e. The average molecular weight is 397 g/mol. The highest BCUT2D eigenvalue weighted by Gasteiger charge is 2.29. The van der Waals surface area contributed by atoms with Gasteiger partial charge in [0.1, 0.15) is 5.82 Å². The zero-order valence-electron chi connectivity index (χ0n) is 17.1. The molecule has 1 saturated heterocycles. The third-order valence-corrected chi connectivity index (χ3v) is 6.01. The van der Waals surface area contributed by atoms with Gasteiger partial charge >= 0.3 is 0 Å². The molecule has 1 unspecified atom stereocenters. The number of rotatable bonds is 4. The summed E-state index contributed by atoms with van der Waals surface area (Å²) in [5.41, 5.74) is 3.04. The molecule has 1 atom stereocenters. The largest absolute Gasteiger partial charge is 0.308 e. The molecule has 0 spiro atoms. The topological polar surface area (TPSA) is 39.7 Å². The number of aromatic nitrogens is 1. The van der Waals surface area contributed by atoms with E-state index in [-0.39, 0.29) is 17.8 Å². The molecule has 0 N–H and O–H groups in total. The van der Waals surface area contributed by atoms with E-state index in [1.54, 1.807) is 18.3 Å². The second kappa shape index (κ2) is 9.01. The summed E-state index contributed by atoms with van der Waals surface area (Å²) in [7, 11) is 0. The van der Waals surface area contributed by atoms with Gasteiger partial charge in [0.15, 0.2) is 0 Å². The van der Waals surface area contributed by atoms with E-state index < -0.39 is 0 Å². The molecule has 0 radical (unpaired) electrons. The van der Waals surface area contributed by atoms with Crippen LogP contribution in [0.15, 0.2) is 42.7 Å². The normalized spacial score (nSPS) is 20.9. The van der Waals surface area contributed by atoms with Crippen LogP contribution in [0.3, 0.4) is 0 Å². The Balaban J connectivity index is 1.38. The summed E-state index contributed by atoms with van der Waals surface area (Å²) in [6.45, 7) is 7.18. The van der Waals surface area contributed by atoms with Crippen LogP contribution in [0.5, 0.6) is 0 Å². The minimum absolute atomic E-state index is 0.116. The number of carbonyl (C=O) groups is 1. The van der Waals surface area contributed by atoms with E-state index in [0.717, 1.165) is 63.2 Å². The van der Waals surface area contributed by atoms with Crippen molar-refractivity contribution >= 4 is 11.6 Å². The number of fused-ring (bicyclic) bond motifs is 1. The van der Waals surface area contributed by atoms with E-state index in [1.807, 2.05) is 17.2 Å². The van der Waals surface area contributed by atoms with Crippen LogP contribution in [0.25, 0.3) is 0 Å². The molecular formula is C23H29FN4O. The van der Waals surface area contributed by atoms with Crippen molar-refractivity contribution in [2.75, 3.05) is 37.6 Å². The molecular weight excluding hydrogens is 367 g/mol. The first kappa shape index (κ1) is 20.0. The Labute approximate surface area is 172 Å². The van der Waals surface area contributed by atoms with Gasteiger partial charge in [0.25, 0.3) is 0 Å². The second-order valence-corrected chi connectivity index (χ2v) is 8.19. The molecule has 4 rings (SSSR count). The predicted molar refractivity (Wildman–Crippen MR) is 112 cm³/mol. The number of amides is 1. The maximum absolute atomic E-state index is 13.6. The number of halogens is 1. The number of nitrogens with zero attached hydrogens (tertiary/aromatic N) is 4. The molecule has 2 aliphatic rings. The van der Waals surface area contributed by atoms with E-state index in [4.69, 9.17) is 0 Å². The van der Waals surface area contributed by atoms with Gasteiger partial charge in [-0.3, -0.25) is 19.6 Å². The number of hydrogen-bond acceptors (Lipinski definition) is 4. The van der Waals surface area contributed by atoms with Crippen LogP contribution in [0, 0.1) is 5.82 Å². The van der Waals surface area contributed by atoms with Crippen molar-refractivity contribution in [3.8, 4) is 0 Å². The van der Waals surface area contributed by atoms with Crippen molar-refractivity contribution < 1.29 is 9.18 Å². The van der Waals surface area contributed by atoms with Crippen molar-refractivity contribution in [3.63, 3.8) is 0 Å². The Hall–Kier alpha value is -2.31. The molecule has 29 heavy (non-hydrogen) atoms. The zero-order chi connectivity index (χ0) is 20.2. The van der Waals surface area contributed by atoms with Gasteiger partial charge < -0.3 is 4.90 Å². The standard InChI is InChI=1S/C23H29FN4O/c1-18-5-6-20-14-21(24)7-8-22(20)28(18)23(29)17-27-11-3-10-26(12-13-27)16-19-4-2-9-25-15-19/h2,4,7-9,14-15,18H,3,5-6,10-13,16-17H2,1H3. The lowest BCUT2D eigenvalue weighted by Gasteiger charge is -2.36. The molecule has 2 aromatic rings. The van der Waals surface area contributed by atoms with Crippen molar-refractivity contribution in [1.82, 2.24) is 14.8 Å². The Morgan fingerprint density at radius 1 is 1.17 bits per heavy atom. The molecule has 6 heteroatoms. The van der Waals surface area contributed by atoms with Crippen molar-refractivity contribution in [2.45, 2.75) is 38.8 Å². The molecule has 154 valence electrons. The van der Waals surface area contributed by atoms with Crippen molar-refractivity contribution in [1.29, 1.82) is 0 Å². The molecule has 0 bridgehead atoms. The summed E-state index contributed by atoms with van der Waals surface area (Å²) in [5, 5.41) is 0. The van der Waals surface area contributed by atoms with Gasteiger partial charge in [0.05, 0.1) is 6.54 Å². The Kier molecular flexibility index (Phi) is 6.21. The first-order valence-corrected chi connectivity index (χ1v) is 10.5. The fraction of sp³-hybridized carbons (Fsp3) is 0.478. The number of aryl methyl sites for hydroxylation is 1. The molecule has 0 aliphatic carbocycles. The summed E-state index contributed by atoms with van der Waals surface area (Å²) >= 11 is 0. The fourth-order valence-electron chi connectivity index (χ4n) is 4.46. The number of hydrogen-bond donors (Lipinski definition) is 0. The number of pyridine rings is 1.